The molecule has 1 amide bonds. The summed E-state index contributed by atoms with van der Waals surface area (Å²) in [6.07, 6.45) is 9.73. The largest absolute Gasteiger partial charge is 0.460 e. The number of anilines is 1. The van der Waals surface area contributed by atoms with Gasteiger partial charge in [0, 0.05) is 48.6 Å². The monoisotopic (exact) mass is 768 g/mol. The first kappa shape index (κ1) is 40.6. The number of allylic oxidation sites excluding steroid dienone is 1. The maximum Gasteiger partial charge on any atom is 0.231 e. The van der Waals surface area contributed by atoms with Gasteiger partial charge in [-0.25, -0.2) is 0 Å². The van der Waals surface area contributed by atoms with Crippen LogP contribution in [-0.2, 0) is 14.4 Å². The Labute approximate surface area is 330 Å². The maximum atomic E-state index is 11.8. The zero-order valence-corrected chi connectivity index (χ0v) is 33.4. The van der Waals surface area contributed by atoms with Crippen molar-refractivity contribution in [1.82, 2.24) is 0 Å². The highest BCUT2D eigenvalue weighted by Crippen LogP contribution is 2.63. The predicted octanol–water partition coefficient (Wildman–Crippen LogP) is 9.50. The highest BCUT2D eigenvalue weighted by Gasteiger charge is 2.64. The summed E-state index contributed by atoms with van der Waals surface area (Å²) in [5.41, 5.74) is 6.14. The Bertz CT molecular complexity index is 1860. The molecule has 2 aliphatic carbocycles. The lowest BCUT2D eigenvalue weighted by Crippen LogP contribution is -2.64. The summed E-state index contributed by atoms with van der Waals surface area (Å²) in [5, 5.41) is 27.1. The van der Waals surface area contributed by atoms with Crippen LogP contribution in [0.25, 0.3) is 0 Å². The summed E-state index contributed by atoms with van der Waals surface area (Å²) >= 11 is 1.68. The van der Waals surface area contributed by atoms with Gasteiger partial charge in [-0.1, -0.05) is 36.2 Å². The standard InChI is InChI=1S/C45H56N2O7S/c1-6-24-51-45-42(55-36-19-15-33(16-20-36)46-31(5)50)28-40(47-52-7-2)38-26-32(12-8-10-22-48)37(13-9-11-23-49)43(44(38)45)39-27-35(18-21-41(39)54-45)53-34-17-14-29(3)30(4)25-34/h6,14-21,25-27,32,37,42-44,48-49H,1,7-13,22-24,28H2,2-5H3,(H,46,50). The van der Waals surface area contributed by atoms with Crippen molar-refractivity contribution in [1.29, 1.82) is 0 Å². The van der Waals surface area contributed by atoms with Gasteiger partial charge < -0.3 is 34.6 Å². The van der Waals surface area contributed by atoms with E-state index in [9.17, 15) is 15.0 Å². The van der Waals surface area contributed by atoms with E-state index in [1.165, 1.54) is 12.5 Å². The molecule has 0 radical (unpaired) electrons. The van der Waals surface area contributed by atoms with Crippen LogP contribution in [0.5, 0.6) is 17.2 Å². The molecule has 0 saturated heterocycles. The second-order valence-electron chi connectivity index (χ2n) is 14.8. The lowest BCUT2D eigenvalue weighted by atomic mass is 9.56. The number of nitrogens with one attached hydrogen (secondary N) is 1. The highest BCUT2D eigenvalue weighted by molar-refractivity contribution is 8.00. The Balaban J connectivity index is 1.53. The third-order valence-corrected chi connectivity index (χ3v) is 12.4. The van der Waals surface area contributed by atoms with Gasteiger partial charge in [0.05, 0.1) is 23.5 Å². The zero-order chi connectivity index (χ0) is 39.0. The Morgan fingerprint density at radius 1 is 1.00 bits per heavy atom. The van der Waals surface area contributed by atoms with Crippen LogP contribution in [0.1, 0.15) is 81.4 Å². The van der Waals surface area contributed by atoms with Crippen molar-refractivity contribution < 1.29 is 34.1 Å². The first-order valence-corrected chi connectivity index (χ1v) is 20.6. The first-order valence-electron chi connectivity index (χ1n) is 19.7. The molecule has 3 aliphatic rings. The third-order valence-electron chi connectivity index (χ3n) is 11.1. The van der Waals surface area contributed by atoms with Gasteiger partial charge >= 0.3 is 0 Å². The van der Waals surface area contributed by atoms with Gasteiger partial charge in [0.15, 0.2) is 0 Å². The molecule has 1 heterocycles. The molecule has 3 aromatic rings. The molecule has 9 nitrogen and oxygen atoms in total. The topological polar surface area (TPSA) is 119 Å². The van der Waals surface area contributed by atoms with Crippen molar-refractivity contribution in [2.24, 2.45) is 22.9 Å². The number of oxime groups is 1. The van der Waals surface area contributed by atoms with Crippen LogP contribution < -0.4 is 14.8 Å². The van der Waals surface area contributed by atoms with Gasteiger partial charge in [-0.2, -0.15) is 0 Å². The van der Waals surface area contributed by atoms with Crippen molar-refractivity contribution >= 4 is 29.1 Å². The molecule has 6 rings (SSSR count). The Hall–Kier alpha value is -4.09. The molecule has 1 saturated carbocycles. The molecule has 0 aromatic heterocycles. The molecular weight excluding hydrogens is 713 g/mol. The number of hydrogen-bond donors (Lipinski definition) is 3. The number of amides is 1. The van der Waals surface area contributed by atoms with Crippen LogP contribution in [0.2, 0.25) is 0 Å². The van der Waals surface area contributed by atoms with Gasteiger partial charge in [0.2, 0.25) is 11.7 Å². The van der Waals surface area contributed by atoms with Gasteiger partial charge in [-0.3, -0.25) is 4.79 Å². The zero-order valence-electron chi connectivity index (χ0n) is 32.6. The van der Waals surface area contributed by atoms with Gasteiger partial charge in [0.25, 0.3) is 0 Å². The molecule has 3 N–H and O–H groups in total. The fourth-order valence-corrected chi connectivity index (χ4v) is 9.82. The van der Waals surface area contributed by atoms with Crippen molar-refractivity contribution in [3.63, 3.8) is 0 Å². The number of nitrogens with zero attached hydrogens (tertiary/aromatic N) is 1. The number of aryl methyl sites for hydroxylation is 2. The highest BCUT2D eigenvalue weighted by atomic mass is 32.2. The van der Waals surface area contributed by atoms with Gasteiger partial charge in [0.1, 0.15) is 23.9 Å². The van der Waals surface area contributed by atoms with Crippen LogP contribution in [-0.4, -0.2) is 59.3 Å². The number of rotatable bonds is 18. The van der Waals surface area contributed by atoms with E-state index in [1.54, 1.807) is 17.8 Å². The van der Waals surface area contributed by atoms with Crippen molar-refractivity contribution in [2.75, 3.05) is 31.7 Å². The normalized spacial score (nSPS) is 24.6. The number of benzene rings is 3. The summed E-state index contributed by atoms with van der Waals surface area (Å²) in [7, 11) is 0. The lowest BCUT2D eigenvalue weighted by Gasteiger charge is -2.58. The van der Waals surface area contributed by atoms with Gasteiger partial charge in [-0.05, 0) is 130 Å². The molecule has 0 bridgehead atoms. The smallest absolute Gasteiger partial charge is 0.231 e. The van der Waals surface area contributed by atoms with E-state index >= 15 is 0 Å². The maximum absolute atomic E-state index is 11.8. The number of fused-ring (bicyclic) bond motifs is 2. The van der Waals surface area contributed by atoms with E-state index in [1.807, 2.05) is 49.4 Å². The number of thioether (sulfide) groups is 1. The minimum absolute atomic E-state index is 0.0490. The van der Waals surface area contributed by atoms with Crippen LogP contribution >= 0.6 is 11.8 Å². The van der Waals surface area contributed by atoms with Crippen molar-refractivity contribution in [2.45, 2.75) is 94.5 Å². The number of aliphatic hydroxyl groups is 2. The molecule has 1 fully saturated rings. The molecule has 294 valence electrons. The lowest BCUT2D eigenvalue weighted by molar-refractivity contribution is -0.223. The fourth-order valence-electron chi connectivity index (χ4n) is 8.53. The Morgan fingerprint density at radius 3 is 2.42 bits per heavy atom. The molecule has 3 aromatic carbocycles. The fraction of sp³-hybridized carbons (Fsp3) is 0.467. The molecule has 6 atom stereocenters. The summed E-state index contributed by atoms with van der Waals surface area (Å²) < 4.78 is 20.9. The quantitative estimate of drug-likeness (QED) is 0.0666. The molecule has 10 heteroatoms. The molecule has 55 heavy (non-hydrogen) atoms. The van der Waals surface area contributed by atoms with Crippen LogP contribution in [0, 0.1) is 31.6 Å². The van der Waals surface area contributed by atoms with E-state index in [4.69, 9.17) is 24.2 Å². The van der Waals surface area contributed by atoms with Crippen molar-refractivity contribution in [3.8, 4) is 17.2 Å². The van der Waals surface area contributed by atoms with Crippen molar-refractivity contribution in [3.05, 3.63) is 102 Å². The second-order valence-corrected chi connectivity index (χ2v) is 16.1. The number of ether oxygens (including phenoxy) is 3. The molecule has 1 aliphatic heterocycles. The summed E-state index contributed by atoms with van der Waals surface area (Å²) in [6, 6.07) is 20.2. The van der Waals surface area contributed by atoms with Gasteiger partial charge in [-0.15, -0.1) is 18.3 Å². The van der Waals surface area contributed by atoms with E-state index < -0.39 is 5.79 Å². The predicted molar refractivity (Wildman–Crippen MR) is 219 cm³/mol. The first-order chi connectivity index (χ1) is 26.7. The number of carbonyl (C=O) groups excluding carboxylic acids is 1. The summed E-state index contributed by atoms with van der Waals surface area (Å²) in [6.45, 7) is 12.7. The minimum Gasteiger partial charge on any atom is -0.460 e. The SMILES string of the molecule is C=CCOC12Oc3ccc(Oc4ccc(C)c(C)c4)cc3C3C(CCCCO)C(CCCCO)C=C(C(=NOCC)CC1Sc1ccc(NC(C)=O)cc1)C32. The second kappa shape index (κ2) is 18.7. The van der Waals surface area contributed by atoms with E-state index in [0.717, 1.165) is 88.8 Å². The molecule has 0 spiro atoms. The van der Waals surface area contributed by atoms with Crippen LogP contribution in [0.4, 0.5) is 5.69 Å². The Kier molecular flexibility index (Phi) is 13.8. The average Bonchev–Trinajstić information content (AvgIpc) is 3.17. The molecular formula is C45H56N2O7S. The number of carbonyl (C=O) groups is 1. The number of aliphatic hydroxyl groups excluding tert-OH is 2. The average molecular weight is 769 g/mol. The number of hydrogen-bond acceptors (Lipinski definition) is 9. The van der Waals surface area contributed by atoms with E-state index in [0.29, 0.717) is 13.0 Å². The third kappa shape index (κ3) is 9.15. The summed E-state index contributed by atoms with van der Waals surface area (Å²) in [4.78, 5) is 18.6. The van der Waals surface area contributed by atoms with E-state index in [2.05, 4.69) is 50.0 Å². The van der Waals surface area contributed by atoms with Crippen LogP contribution in [0.3, 0.4) is 0 Å². The number of unbranched alkanes of at least 4 members (excludes halogenated alkanes) is 2. The minimum atomic E-state index is -1.11. The Morgan fingerprint density at radius 2 is 1.73 bits per heavy atom. The summed E-state index contributed by atoms with van der Waals surface area (Å²) in [5.74, 6) is 1.11. The molecule has 6 unspecified atom stereocenters. The van der Waals surface area contributed by atoms with Crippen LogP contribution in [0.15, 0.2) is 95.0 Å². The van der Waals surface area contributed by atoms with E-state index in [-0.39, 0.29) is 54.6 Å².